The summed E-state index contributed by atoms with van der Waals surface area (Å²) in [5.74, 6) is 0.736. The first-order chi connectivity index (χ1) is 9.60. The van der Waals surface area contributed by atoms with Crippen LogP contribution in [0.4, 0.5) is 5.69 Å². The fraction of sp³-hybridized carbons (Fsp3) is 0.0667. The minimum absolute atomic E-state index is 0.290. The highest BCUT2D eigenvalue weighted by atomic mass is 32.2. The molecule has 0 amide bonds. The Morgan fingerprint density at radius 1 is 1.05 bits per heavy atom. The van der Waals surface area contributed by atoms with Gasteiger partial charge >= 0.3 is 0 Å². The molecule has 0 saturated carbocycles. The number of methoxy groups -OCH3 is 1. The third-order valence-electron chi connectivity index (χ3n) is 3.14. The predicted octanol–water partition coefficient (Wildman–Crippen LogP) is 2.95. The highest BCUT2D eigenvalue weighted by Crippen LogP contribution is 2.37. The van der Waals surface area contributed by atoms with E-state index in [2.05, 4.69) is 4.72 Å². The van der Waals surface area contributed by atoms with Gasteiger partial charge in [-0.15, -0.1) is 0 Å². The molecule has 0 fully saturated rings. The van der Waals surface area contributed by atoms with E-state index in [0.29, 0.717) is 16.2 Å². The van der Waals surface area contributed by atoms with Crippen molar-refractivity contribution in [3.8, 4) is 5.75 Å². The van der Waals surface area contributed by atoms with Crippen LogP contribution in [0.2, 0.25) is 0 Å². The van der Waals surface area contributed by atoms with Crippen molar-refractivity contribution in [3.05, 3.63) is 59.7 Å². The molecule has 102 valence electrons. The van der Waals surface area contributed by atoms with Crippen LogP contribution in [0.3, 0.4) is 0 Å². The summed E-state index contributed by atoms with van der Waals surface area (Å²) in [6.07, 6.45) is 1.66. The Morgan fingerprint density at radius 3 is 2.45 bits per heavy atom. The summed E-state index contributed by atoms with van der Waals surface area (Å²) < 4.78 is 31.9. The van der Waals surface area contributed by atoms with Crippen LogP contribution in [0.5, 0.6) is 5.75 Å². The molecule has 1 N–H and O–H groups in total. The molecule has 1 aliphatic heterocycles. The molecule has 4 nitrogen and oxygen atoms in total. The number of hydrogen-bond donors (Lipinski definition) is 1. The second-order valence-corrected chi connectivity index (χ2v) is 6.08. The van der Waals surface area contributed by atoms with Gasteiger partial charge in [0, 0.05) is 5.56 Å². The first-order valence-electron chi connectivity index (χ1n) is 6.08. The van der Waals surface area contributed by atoms with E-state index < -0.39 is 10.0 Å². The molecule has 2 aromatic carbocycles. The van der Waals surface area contributed by atoms with Gasteiger partial charge in [-0.2, -0.15) is 0 Å². The molecule has 2 aromatic rings. The second-order valence-electron chi connectivity index (χ2n) is 4.43. The maximum atomic E-state index is 12.1. The van der Waals surface area contributed by atoms with E-state index in [1.54, 1.807) is 43.5 Å². The number of para-hydroxylation sites is 1. The van der Waals surface area contributed by atoms with Crippen LogP contribution < -0.4 is 9.46 Å². The molecule has 20 heavy (non-hydrogen) atoms. The molecule has 0 aliphatic carbocycles. The van der Waals surface area contributed by atoms with Crippen LogP contribution in [0.1, 0.15) is 11.1 Å². The predicted molar refractivity (Wildman–Crippen MR) is 79.8 cm³/mol. The summed E-state index contributed by atoms with van der Waals surface area (Å²) >= 11 is 0. The van der Waals surface area contributed by atoms with Gasteiger partial charge in [0.15, 0.2) is 0 Å². The number of sulfonamides is 1. The number of nitrogens with one attached hydrogen (secondary N) is 1. The van der Waals surface area contributed by atoms with Crippen molar-refractivity contribution in [2.45, 2.75) is 0 Å². The zero-order valence-electron chi connectivity index (χ0n) is 10.8. The highest BCUT2D eigenvalue weighted by Gasteiger charge is 2.29. The maximum absolute atomic E-state index is 12.1. The molecule has 0 bridgehead atoms. The minimum atomic E-state index is -3.48. The van der Waals surface area contributed by atoms with Crippen molar-refractivity contribution in [1.82, 2.24) is 0 Å². The molecular weight excluding hydrogens is 274 g/mol. The first-order valence-corrected chi connectivity index (χ1v) is 7.56. The topological polar surface area (TPSA) is 55.4 Å². The van der Waals surface area contributed by atoms with Crippen LogP contribution in [0.25, 0.3) is 11.0 Å². The Kier molecular flexibility index (Phi) is 2.99. The average molecular weight is 287 g/mol. The van der Waals surface area contributed by atoms with Gasteiger partial charge in [-0.25, -0.2) is 8.42 Å². The van der Waals surface area contributed by atoms with E-state index in [1.165, 1.54) is 0 Å². The van der Waals surface area contributed by atoms with E-state index in [4.69, 9.17) is 4.74 Å². The summed E-state index contributed by atoms with van der Waals surface area (Å²) in [7, 11) is -1.89. The number of benzene rings is 2. The van der Waals surface area contributed by atoms with Gasteiger partial charge in [-0.3, -0.25) is 4.72 Å². The summed E-state index contributed by atoms with van der Waals surface area (Å²) in [5.41, 5.74) is 2.12. The number of ether oxygens (including phenoxy) is 1. The summed E-state index contributed by atoms with van der Waals surface area (Å²) in [6.45, 7) is 0. The SMILES string of the molecule is COc1ccc(C=C2c3ccccc3NS2(=O)=O)cc1. The van der Waals surface area contributed by atoms with Gasteiger partial charge < -0.3 is 4.74 Å². The number of hydrogen-bond acceptors (Lipinski definition) is 3. The van der Waals surface area contributed by atoms with Gasteiger partial charge in [0.2, 0.25) is 0 Å². The van der Waals surface area contributed by atoms with E-state index in [-0.39, 0.29) is 0 Å². The van der Waals surface area contributed by atoms with E-state index in [1.807, 2.05) is 18.2 Å². The molecule has 0 saturated heterocycles. The molecule has 0 radical (unpaired) electrons. The average Bonchev–Trinajstić information content (AvgIpc) is 2.70. The summed E-state index contributed by atoms with van der Waals surface area (Å²) in [4.78, 5) is 0.290. The lowest BCUT2D eigenvalue weighted by molar-refractivity contribution is 0.415. The minimum Gasteiger partial charge on any atom is -0.497 e. The van der Waals surface area contributed by atoms with Gasteiger partial charge in [0.25, 0.3) is 10.0 Å². The second kappa shape index (κ2) is 4.68. The Hall–Kier alpha value is -2.27. The number of fused-ring (bicyclic) bond motifs is 1. The first kappa shape index (κ1) is 12.7. The lowest BCUT2D eigenvalue weighted by Gasteiger charge is -2.01. The van der Waals surface area contributed by atoms with Crippen LogP contribution in [0, 0.1) is 0 Å². The Balaban J connectivity index is 2.09. The Bertz CT molecular complexity index is 777. The van der Waals surface area contributed by atoms with Crippen molar-refractivity contribution >= 4 is 26.7 Å². The van der Waals surface area contributed by atoms with Crippen molar-refractivity contribution in [2.75, 3.05) is 11.8 Å². The quantitative estimate of drug-likeness (QED) is 0.924. The molecule has 3 rings (SSSR count). The Morgan fingerprint density at radius 2 is 1.75 bits per heavy atom. The maximum Gasteiger partial charge on any atom is 0.262 e. The van der Waals surface area contributed by atoms with Crippen molar-refractivity contribution in [1.29, 1.82) is 0 Å². The van der Waals surface area contributed by atoms with E-state index in [9.17, 15) is 8.42 Å². The monoisotopic (exact) mass is 287 g/mol. The highest BCUT2D eigenvalue weighted by molar-refractivity contribution is 8.02. The lowest BCUT2D eigenvalue weighted by atomic mass is 10.1. The van der Waals surface area contributed by atoms with Crippen LogP contribution in [-0.2, 0) is 10.0 Å². The molecule has 0 atom stereocenters. The molecule has 5 heteroatoms. The summed E-state index contributed by atoms with van der Waals surface area (Å²) in [6, 6.07) is 14.4. The molecule has 0 spiro atoms. The molecular formula is C15H13NO3S. The normalized spacial score (nSPS) is 17.6. The zero-order valence-corrected chi connectivity index (χ0v) is 11.6. The third-order valence-corrected chi connectivity index (χ3v) is 4.55. The van der Waals surface area contributed by atoms with Gasteiger partial charge in [-0.1, -0.05) is 30.3 Å². The van der Waals surface area contributed by atoms with E-state index in [0.717, 1.165) is 11.3 Å². The van der Waals surface area contributed by atoms with Gasteiger partial charge in [0.1, 0.15) is 5.75 Å². The van der Waals surface area contributed by atoms with Gasteiger partial charge in [0.05, 0.1) is 17.7 Å². The zero-order chi connectivity index (χ0) is 14.2. The van der Waals surface area contributed by atoms with Crippen LogP contribution in [-0.4, -0.2) is 15.5 Å². The van der Waals surface area contributed by atoms with Crippen molar-refractivity contribution < 1.29 is 13.2 Å². The van der Waals surface area contributed by atoms with Crippen molar-refractivity contribution in [2.24, 2.45) is 0 Å². The fourth-order valence-corrected chi connectivity index (χ4v) is 3.47. The summed E-state index contributed by atoms with van der Waals surface area (Å²) in [5, 5.41) is 0. The molecule has 1 aliphatic rings. The number of rotatable bonds is 2. The van der Waals surface area contributed by atoms with Crippen molar-refractivity contribution in [3.63, 3.8) is 0 Å². The smallest absolute Gasteiger partial charge is 0.262 e. The van der Waals surface area contributed by atoms with Crippen LogP contribution in [0.15, 0.2) is 48.5 Å². The molecule has 0 unspecified atom stereocenters. The molecule has 1 heterocycles. The van der Waals surface area contributed by atoms with Gasteiger partial charge in [-0.05, 0) is 29.8 Å². The standard InChI is InChI=1S/C15H13NO3S/c1-19-12-8-6-11(7-9-12)10-15-13-4-2-3-5-14(13)16-20(15,17)18/h2-10,16H,1H3. The van der Waals surface area contributed by atoms with E-state index >= 15 is 0 Å². The van der Waals surface area contributed by atoms with Crippen LogP contribution >= 0.6 is 0 Å². The largest absolute Gasteiger partial charge is 0.497 e. The number of anilines is 1. The fourth-order valence-electron chi connectivity index (χ4n) is 2.14. The third kappa shape index (κ3) is 2.16. The Labute approximate surface area is 117 Å². The lowest BCUT2D eigenvalue weighted by Crippen LogP contribution is -2.05. The molecule has 0 aromatic heterocycles.